The van der Waals surface area contributed by atoms with E-state index in [1.165, 1.54) is 12.5 Å². The van der Waals surface area contributed by atoms with E-state index in [4.69, 9.17) is 10.5 Å². The summed E-state index contributed by atoms with van der Waals surface area (Å²) in [6, 6.07) is 3.27. The number of ether oxygens (including phenoxy) is 1. The van der Waals surface area contributed by atoms with Crippen molar-refractivity contribution < 1.29 is 17.9 Å². The van der Waals surface area contributed by atoms with Crippen LogP contribution in [0.3, 0.4) is 0 Å². The van der Waals surface area contributed by atoms with Crippen LogP contribution in [0, 0.1) is 5.92 Å². The molecule has 0 aliphatic heterocycles. The van der Waals surface area contributed by atoms with Crippen molar-refractivity contribution in [3.05, 3.63) is 23.8 Å². The Balaban J connectivity index is 2.13. The largest absolute Gasteiger partial charge is 0.488 e. The van der Waals surface area contributed by atoms with Gasteiger partial charge in [0.25, 0.3) is 0 Å². The van der Waals surface area contributed by atoms with E-state index in [0.29, 0.717) is 11.7 Å². The van der Waals surface area contributed by atoms with E-state index in [0.717, 1.165) is 31.4 Å². The van der Waals surface area contributed by atoms with Crippen molar-refractivity contribution in [2.45, 2.75) is 44.9 Å². The zero-order valence-corrected chi connectivity index (χ0v) is 10.8. The Morgan fingerprint density at radius 1 is 1.21 bits per heavy atom. The van der Waals surface area contributed by atoms with Gasteiger partial charge < -0.3 is 10.5 Å². The topological polar surface area (TPSA) is 35.2 Å². The zero-order valence-electron chi connectivity index (χ0n) is 10.8. The van der Waals surface area contributed by atoms with Crippen molar-refractivity contribution in [1.82, 2.24) is 0 Å². The van der Waals surface area contributed by atoms with Gasteiger partial charge in [-0.15, -0.1) is 0 Å². The molecule has 19 heavy (non-hydrogen) atoms. The normalized spacial score (nSPS) is 24.2. The molecule has 0 saturated heterocycles. The van der Waals surface area contributed by atoms with E-state index in [1.807, 2.05) is 0 Å². The third-order valence-electron chi connectivity index (χ3n) is 3.65. The van der Waals surface area contributed by atoms with Crippen LogP contribution in [0.5, 0.6) is 5.75 Å². The molecule has 0 bridgehead atoms. The summed E-state index contributed by atoms with van der Waals surface area (Å²) in [4.78, 5) is 0. The van der Waals surface area contributed by atoms with Gasteiger partial charge in [0, 0.05) is 0 Å². The fourth-order valence-electron chi connectivity index (χ4n) is 2.45. The number of anilines is 1. The van der Waals surface area contributed by atoms with Crippen LogP contribution in [-0.4, -0.2) is 6.10 Å². The van der Waals surface area contributed by atoms with Crippen LogP contribution in [0.4, 0.5) is 18.9 Å². The second-order valence-electron chi connectivity index (χ2n) is 5.17. The van der Waals surface area contributed by atoms with Crippen molar-refractivity contribution in [2.75, 3.05) is 5.73 Å². The van der Waals surface area contributed by atoms with Crippen molar-refractivity contribution in [3.63, 3.8) is 0 Å². The van der Waals surface area contributed by atoms with E-state index in [9.17, 15) is 13.2 Å². The highest BCUT2D eigenvalue weighted by molar-refractivity contribution is 5.54. The molecule has 2 nitrogen and oxygen atoms in total. The maximum absolute atomic E-state index is 12.5. The predicted octanol–water partition coefficient (Wildman–Crippen LogP) is 4.25. The number of hydrogen-bond donors (Lipinski definition) is 1. The number of nitrogen functional groups attached to an aromatic ring is 1. The number of alkyl halides is 3. The SMILES string of the molecule is CC1CCCCC1Oc1ccc(C(F)(F)F)cc1N. The summed E-state index contributed by atoms with van der Waals surface area (Å²) in [5.41, 5.74) is 4.96. The highest BCUT2D eigenvalue weighted by Crippen LogP contribution is 2.35. The van der Waals surface area contributed by atoms with Gasteiger partial charge >= 0.3 is 6.18 Å². The maximum Gasteiger partial charge on any atom is 0.416 e. The summed E-state index contributed by atoms with van der Waals surface area (Å²) in [5.74, 6) is 0.766. The fourth-order valence-corrected chi connectivity index (χ4v) is 2.45. The maximum atomic E-state index is 12.5. The minimum atomic E-state index is -4.37. The molecular formula is C14H18F3NO. The van der Waals surface area contributed by atoms with Gasteiger partial charge in [0.1, 0.15) is 11.9 Å². The second kappa shape index (κ2) is 5.31. The lowest BCUT2D eigenvalue weighted by Gasteiger charge is -2.29. The van der Waals surface area contributed by atoms with E-state index in [2.05, 4.69) is 6.92 Å². The summed E-state index contributed by atoms with van der Waals surface area (Å²) < 4.78 is 43.3. The van der Waals surface area contributed by atoms with Gasteiger partial charge in [-0.05, 0) is 43.4 Å². The second-order valence-corrected chi connectivity index (χ2v) is 5.17. The Bertz CT molecular complexity index is 445. The molecule has 2 atom stereocenters. The van der Waals surface area contributed by atoms with Gasteiger partial charge in [0.05, 0.1) is 11.3 Å². The van der Waals surface area contributed by atoms with Crippen LogP contribution >= 0.6 is 0 Å². The molecular weight excluding hydrogens is 255 g/mol. The number of nitrogens with two attached hydrogens (primary N) is 1. The number of hydrogen-bond acceptors (Lipinski definition) is 2. The highest BCUT2D eigenvalue weighted by Gasteiger charge is 2.31. The monoisotopic (exact) mass is 273 g/mol. The van der Waals surface area contributed by atoms with E-state index >= 15 is 0 Å². The van der Waals surface area contributed by atoms with Gasteiger partial charge in [0.2, 0.25) is 0 Å². The first-order valence-electron chi connectivity index (χ1n) is 6.51. The van der Waals surface area contributed by atoms with Crippen LogP contribution in [-0.2, 0) is 6.18 Å². The molecule has 0 aromatic heterocycles. The Kier molecular flexibility index (Phi) is 3.92. The molecule has 1 fully saturated rings. The minimum Gasteiger partial charge on any atom is -0.488 e. The summed E-state index contributed by atoms with van der Waals surface area (Å²) in [5, 5.41) is 0. The van der Waals surface area contributed by atoms with Crippen LogP contribution < -0.4 is 10.5 Å². The molecule has 2 unspecified atom stereocenters. The average Bonchev–Trinajstić information content (AvgIpc) is 2.33. The summed E-state index contributed by atoms with van der Waals surface area (Å²) in [7, 11) is 0. The van der Waals surface area contributed by atoms with Crippen LogP contribution in [0.2, 0.25) is 0 Å². The Hall–Kier alpha value is -1.39. The van der Waals surface area contributed by atoms with E-state index in [1.54, 1.807) is 0 Å². The molecule has 0 spiro atoms. The molecule has 2 rings (SSSR count). The zero-order chi connectivity index (χ0) is 14.0. The Morgan fingerprint density at radius 2 is 1.89 bits per heavy atom. The van der Waals surface area contributed by atoms with E-state index < -0.39 is 11.7 Å². The quantitative estimate of drug-likeness (QED) is 0.818. The van der Waals surface area contributed by atoms with E-state index in [-0.39, 0.29) is 11.8 Å². The predicted molar refractivity (Wildman–Crippen MR) is 67.9 cm³/mol. The summed E-state index contributed by atoms with van der Waals surface area (Å²) in [6.45, 7) is 2.10. The first kappa shape index (κ1) is 14.0. The third kappa shape index (κ3) is 3.33. The number of halogens is 3. The molecule has 0 radical (unpaired) electrons. The molecule has 5 heteroatoms. The van der Waals surface area contributed by atoms with Crippen LogP contribution in [0.1, 0.15) is 38.2 Å². The molecule has 1 aromatic carbocycles. The number of rotatable bonds is 2. The van der Waals surface area contributed by atoms with Gasteiger partial charge in [-0.2, -0.15) is 13.2 Å². The first-order chi connectivity index (χ1) is 8.88. The van der Waals surface area contributed by atoms with Crippen molar-refractivity contribution in [3.8, 4) is 5.75 Å². The molecule has 1 aliphatic rings. The average molecular weight is 273 g/mol. The van der Waals surface area contributed by atoms with Crippen molar-refractivity contribution in [2.24, 2.45) is 5.92 Å². The number of benzene rings is 1. The van der Waals surface area contributed by atoms with Gasteiger partial charge in [0.15, 0.2) is 0 Å². The Labute approximate surface area is 110 Å². The Morgan fingerprint density at radius 3 is 2.47 bits per heavy atom. The summed E-state index contributed by atoms with van der Waals surface area (Å²) in [6.07, 6.45) is -0.0239. The van der Waals surface area contributed by atoms with Crippen molar-refractivity contribution in [1.29, 1.82) is 0 Å². The minimum absolute atomic E-state index is 0.0487. The molecule has 1 saturated carbocycles. The molecule has 106 valence electrons. The molecule has 0 heterocycles. The van der Waals surface area contributed by atoms with Gasteiger partial charge in [-0.3, -0.25) is 0 Å². The first-order valence-corrected chi connectivity index (χ1v) is 6.51. The summed E-state index contributed by atoms with van der Waals surface area (Å²) >= 11 is 0. The standard InChI is InChI=1S/C14H18F3NO/c1-9-4-2-3-5-12(9)19-13-7-6-10(8-11(13)18)14(15,16)17/h6-9,12H,2-5,18H2,1H3. The lowest BCUT2D eigenvalue weighted by Crippen LogP contribution is -2.28. The van der Waals surface area contributed by atoms with Gasteiger partial charge in [-0.25, -0.2) is 0 Å². The molecule has 1 aromatic rings. The molecule has 1 aliphatic carbocycles. The van der Waals surface area contributed by atoms with Crippen molar-refractivity contribution >= 4 is 5.69 Å². The smallest absolute Gasteiger partial charge is 0.416 e. The van der Waals surface area contributed by atoms with Crippen LogP contribution in [0.25, 0.3) is 0 Å². The third-order valence-corrected chi connectivity index (χ3v) is 3.65. The lowest BCUT2D eigenvalue weighted by molar-refractivity contribution is -0.137. The lowest BCUT2D eigenvalue weighted by atomic mass is 9.88. The van der Waals surface area contributed by atoms with Crippen LogP contribution in [0.15, 0.2) is 18.2 Å². The highest BCUT2D eigenvalue weighted by atomic mass is 19.4. The molecule has 2 N–H and O–H groups in total. The molecule has 0 amide bonds. The fraction of sp³-hybridized carbons (Fsp3) is 0.571. The van der Waals surface area contributed by atoms with Gasteiger partial charge in [-0.1, -0.05) is 13.3 Å².